The second-order valence-electron chi connectivity index (χ2n) is 5.71. The number of ether oxygens (including phenoxy) is 2. The molecule has 0 radical (unpaired) electrons. The molecule has 3 nitrogen and oxygen atoms in total. The van der Waals surface area contributed by atoms with Gasteiger partial charge < -0.3 is 14.8 Å². The maximum absolute atomic E-state index is 6.39. The Balaban J connectivity index is 2.09. The minimum absolute atomic E-state index is 0.102. The van der Waals surface area contributed by atoms with E-state index in [1.807, 2.05) is 12.1 Å². The summed E-state index contributed by atoms with van der Waals surface area (Å²) < 4.78 is 11.9. The minimum Gasteiger partial charge on any atom is -0.383 e. The van der Waals surface area contributed by atoms with Gasteiger partial charge in [0.1, 0.15) is 0 Å². The molecule has 5 heteroatoms. The summed E-state index contributed by atoms with van der Waals surface area (Å²) in [5.74, 6) is 0. The van der Waals surface area contributed by atoms with E-state index in [0.717, 1.165) is 48.6 Å². The van der Waals surface area contributed by atoms with Gasteiger partial charge in [-0.1, -0.05) is 33.6 Å². The van der Waals surface area contributed by atoms with E-state index in [1.165, 1.54) is 5.56 Å². The van der Waals surface area contributed by atoms with Crippen LogP contribution in [-0.2, 0) is 15.9 Å². The number of methoxy groups -OCH3 is 1. The molecule has 0 bridgehead atoms. The van der Waals surface area contributed by atoms with Gasteiger partial charge in [-0.2, -0.15) is 0 Å². The molecule has 1 fully saturated rings. The van der Waals surface area contributed by atoms with Gasteiger partial charge in [0, 0.05) is 41.7 Å². The number of hydrogen-bond acceptors (Lipinski definition) is 3. The van der Waals surface area contributed by atoms with Crippen LogP contribution in [-0.4, -0.2) is 39.5 Å². The maximum Gasteiger partial charge on any atom is 0.0619 e. The molecule has 1 heterocycles. The highest BCUT2D eigenvalue weighted by Crippen LogP contribution is 2.39. The Bertz CT molecular complexity index is 472. The lowest BCUT2D eigenvalue weighted by molar-refractivity contribution is 0.0620. The third-order valence-corrected chi connectivity index (χ3v) is 5.19. The SMILES string of the molecule is COCCNCC1(Cc2ccc(Br)cc2Cl)CCOC1C. The van der Waals surface area contributed by atoms with Crippen molar-refractivity contribution in [2.75, 3.05) is 33.4 Å². The van der Waals surface area contributed by atoms with Crippen LogP contribution < -0.4 is 5.32 Å². The highest BCUT2D eigenvalue weighted by molar-refractivity contribution is 9.10. The average Bonchev–Trinajstić information content (AvgIpc) is 2.80. The van der Waals surface area contributed by atoms with E-state index < -0.39 is 0 Å². The van der Waals surface area contributed by atoms with Crippen LogP contribution in [0.3, 0.4) is 0 Å². The van der Waals surface area contributed by atoms with E-state index in [0.29, 0.717) is 0 Å². The Hall–Kier alpha value is -0.130. The van der Waals surface area contributed by atoms with Crippen LogP contribution in [0.25, 0.3) is 0 Å². The Morgan fingerprint density at radius 2 is 2.33 bits per heavy atom. The van der Waals surface area contributed by atoms with Gasteiger partial charge in [0.2, 0.25) is 0 Å². The highest BCUT2D eigenvalue weighted by Gasteiger charge is 2.41. The van der Waals surface area contributed by atoms with Gasteiger partial charge in [-0.25, -0.2) is 0 Å². The second kappa shape index (κ2) is 7.93. The highest BCUT2D eigenvalue weighted by atomic mass is 79.9. The number of nitrogens with one attached hydrogen (secondary N) is 1. The van der Waals surface area contributed by atoms with Crippen LogP contribution in [0.5, 0.6) is 0 Å². The fourth-order valence-electron chi connectivity index (χ4n) is 2.90. The zero-order chi connectivity index (χ0) is 15.3. The number of rotatable bonds is 7. The van der Waals surface area contributed by atoms with Crippen molar-refractivity contribution >= 4 is 27.5 Å². The lowest BCUT2D eigenvalue weighted by Gasteiger charge is -2.33. The molecule has 21 heavy (non-hydrogen) atoms. The third-order valence-electron chi connectivity index (χ3n) is 4.35. The fraction of sp³-hybridized carbons (Fsp3) is 0.625. The topological polar surface area (TPSA) is 30.5 Å². The van der Waals surface area contributed by atoms with Crippen molar-refractivity contribution < 1.29 is 9.47 Å². The maximum atomic E-state index is 6.39. The van der Waals surface area contributed by atoms with Crippen molar-refractivity contribution in [1.29, 1.82) is 0 Å². The summed E-state index contributed by atoms with van der Waals surface area (Å²) in [5.41, 5.74) is 1.29. The zero-order valence-electron chi connectivity index (χ0n) is 12.6. The minimum atomic E-state index is 0.102. The lowest BCUT2D eigenvalue weighted by atomic mass is 9.76. The van der Waals surface area contributed by atoms with Crippen molar-refractivity contribution in [1.82, 2.24) is 5.32 Å². The van der Waals surface area contributed by atoms with Gasteiger partial charge in [0.15, 0.2) is 0 Å². The van der Waals surface area contributed by atoms with Gasteiger partial charge in [-0.3, -0.25) is 0 Å². The summed E-state index contributed by atoms with van der Waals surface area (Å²) >= 11 is 9.85. The van der Waals surface area contributed by atoms with Crippen LogP contribution in [0.15, 0.2) is 22.7 Å². The molecule has 1 aliphatic rings. The van der Waals surface area contributed by atoms with Gasteiger partial charge in [-0.05, 0) is 37.5 Å². The van der Waals surface area contributed by atoms with Gasteiger partial charge in [0.25, 0.3) is 0 Å². The summed E-state index contributed by atoms with van der Waals surface area (Å²) in [4.78, 5) is 0. The predicted octanol–water partition coefficient (Wildman–Crippen LogP) is 3.68. The molecule has 2 rings (SSSR count). The third kappa shape index (κ3) is 4.42. The first-order valence-corrected chi connectivity index (χ1v) is 8.50. The molecule has 0 aromatic heterocycles. The van der Waals surface area contributed by atoms with Gasteiger partial charge in [-0.15, -0.1) is 0 Å². The number of halogens is 2. The molecule has 1 aromatic rings. The first kappa shape index (κ1) is 17.2. The Labute approximate surface area is 140 Å². The van der Waals surface area contributed by atoms with Crippen LogP contribution in [0.1, 0.15) is 18.9 Å². The zero-order valence-corrected chi connectivity index (χ0v) is 15.0. The van der Waals surface area contributed by atoms with Crippen molar-refractivity contribution in [2.24, 2.45) is 5.41 Å². The number of hydrogen-bond donors (Lipinski definition) is 1. The van der Waals surface area contributed by atoms with Crippen molar-refractivity contribution in [2.45, 2.75) is 25.9 Å². The fourth-order valence-corrected chi connectivity index (χ4v) is 3.64. The van der Waals surface area contributed by atoms with Crippen molar-refractivity contribution in [3.05, 3.63) is 33.3 Å². The van der Waals surface area contributed by atoms with E-state index in [2.05, 4.69) is 34.2 Å². The molecule has 0 spiro atoms. The largest absolute Gasteiger partial charge is 0.383 e. The van der Waals surface area contributed by atoms with Crippen LogP contribution in [0.2, 0.25) is 5.02 Å². The average molecular weight is 377 g/mol. The Morgan fingerprint density at radius 1 is 1.52 bits per heavy atom. The van der Waals surface area contributed by atoms with E-state index in [1.54, 1.807) is 7.11 Å². The van der Waals surface area contributed by atoms with E-state index in [4.69, 9.17) is 21.1 Å². The molecule has 1 aromatic carbocycles. The van der Waals surface area contributed by atoms with Crippen LogP contribution >= 0.6 is 27.5 Å². The van der Waals surface area contributed by atoms with Gasteiger partial charge in [0.05, 0.1) is 12.7 Å². The summed E-state index contributed by atoms with van der Waals surface area (Å²) in [6.45, 7) is 5.49. The molecule has 0 amide bonds. The van der Waals surface area contributed by atoms with Crippen LogP contribution in [0.4, 0.5) is 0 Å². The monoisotopic (exact) mass is 375 g/mol. The molecule has 1 saturated heterocycles. The smallest absolute Gasteiger partial charge is 0.0619 e. The Morgan fingerprint density at radius 3 is 2.95 bits per heavy atom. The first-order valence-electron chi connectivity index (χ1n) is 7.32. The number of benzene rings is 1. The second-order valence-corrected chi connectivity index (χ2v) is 7.03. The van der Waals surface area contributed by atoms with E-state index in [9.17, 15) is 0 Å². The molecule has 118 valence electrons. The first-order chi connectivity index (χ1) is 10.1. The molecular weight excluding hydrogens is 354 g/mol. The van der Waals surface area contributed by atoms with Crippen molar-refractivity contribution in [3.63, 3.8) is 0 Å². The normalized spacial score (nSPS) is 25.4. The lowest BCUT2D eigenvalue weighted by Crippen LogP contribution is -2.42. The summed E-state index contributed by atoms with van der Waals surface area (Å²) in [6.07, 6.45) is 2.22. The standard InChI is InChI=1S/C16H23BrClNO2/c1-12-16(5-7-21-12,11-19-6-8-20-2)10-13-3-4-14(17)9-15(13)18/h3-4,9,12,19H,5-8,10-11H2,1-2H3. The molecule has 2 atom stereocenters. The van der Waals surface area contributed by atoms with E-state index >= 15 is 0 Å². The molecule has 1 N–H and O–H groups in total. The van der Waals surface area contributed by atoms with Crippen molar-refractivity contribution in [3.8, 4) is 0 Å². The molecule has 0 aliphatic carbocycles. The quantitative estimate of drug-likeness (QED) is 0.736. The summed E-state index contributed by atoms with van der Waals surface area (Å²) in [5, 5.41) is 4.31. The summed E-state index contributed by atoms with van der Waals surface area (Å²) in [7, 11) is 1.72. The Kier molecular flexibility index (Phi) is 6.51. The van der Waals surface area contributed by atoms with Gasteiger partial charge >= 0.3 is 0 Å². The molecular formula is C16H23BrClNO2. The molecule has 1 aliphatic heterocycles. The van der Waals surface area contributed by atoms with E-state index in [-0.39, 0.29) is 11.5 Å². The predicted molar refractivity (Wildman–Crippen MR) is 90.1 cm³/mol. The summed E-state index contributed by atoms with van der Waals surface area (Å²) in [6, 6.07) is 6.12. The molecule has 0 saturated carbocycles. The molecule has 2 unspecified atom stereocenters. The van der Waals surface area contributed by atoms with Crippen LogP contribution in [0, 0.1) is 5.41 Å².